The summed E-state index contributed by atoms with van der Waals surface area (Å²) in [6.45, 7) is 1.49. The second-order valence-electron chi connectivity index (χ2n) is 5.00. The summed E-state index contributed by atoms with van der Waals surface area (Å²) >= 11 is 0. The second kappa shape index (κ2) is 5.53. The van der Waals surface area contributed by atoms with E-state index in [4.69, 9.17) is 5.73 Å². The SMILES string of the molecule is NCCCN(C(=O)NC1CC1)C1CCCC1. The number of nitrogens with zero attached hydrogens (tertiary/aromatic N) is 1. The molecule has 16 heavy (non-hydrogen) atoms. The van der Waals surface area contributed by atoms with Gasteiger partial charge in [-0.2, -0.15) is 0 Å². The van der Waals surface area contributed by atoms with Crippen LogP contribution in [0.4, 0.5) is 4.79 Å². The van der Waals surface area contributed by atoms with Crippen LogP contribution in [0.25, 0.3) is 0 Å². The molecule has 2 aliphatic rings. The van der Waals surface area contributed by atoms with Crippen LogP contribution in [0.5, 0.6) is 0 Å². The first-order chi connectivity index (χ1) is 7.81. The highest BCUT2D eigenvalue weighted by Gasteiger charge is 2.30. The molecule has 3 N–H and O–H groups in total. The van der Waals surface area contributed by atoms with E-state index in [1.54, 1.807) is 0 Å². The molecule has 2 rings (SSSR count). The van der Waals surface area contributed by atoms with Crippen LogP contribution in [0, 0.1) is 0 Å². The molecule has 0 aliphatic heterocycles. The first-order valence-electron chi connectivity index (χ1n) is 6.58. The lowest BCUT2D eigenvalue weighted by atomic mass is 10.2. The third-order valence-corrected chi connectivity index (χ3v) is 3.53. The van der Waals surface area contributed by atoms with Gasteiger partial charge in [0.05, 0.1) is 0 Å². The van der Waals surface area contributed by atoms with Crippen LogP contribution in [-0.4, -0.2) is 36.1 Å². The highest BCUT2D eigenvalue weighted by Crippen LogP contribution is 2.25. The Labute approximate surface area is 97.6 Å². The summed E-state index contributed by atoms with van der Waals surface area (Å²) in [4.78, 5) is 14.1. The Balaban J connectivity index is 1.85. The largest absolute Gasteiger partial charge is 0.335 e. The van der Waals surface area contributed by atoms with Gasteiger partial charge in [0.25, 0.3) is 0 Å². The maximum absolute atomic E-state index is 12.1. The average Bonchev–Trinajstić information content (AvgIpc) is 2.93. The molecular formula is C12H23N3O. The first kappa shape index (κ1) is 11.7. The van der Waals surface area contributed by atoms with Crippen molar-refractivity contribution < 1.29 is 4.79 Å². The fourth-order valence-electron chi connectivity index (χ4n) is 2.41. The quantitative estimate of drug-likeness (QED) is 0.744. The van der Waals surface area contributed by atoms with Gasteiger partial charge in [0, 0.05) is 18.6 Å². The number of nitrogens with one attached hydrogen (secondary N) is 1. The second-order valence-corrected chi connectivity index (χ2v) is 5.00. The van der Waals surface area contributed by atoms with Crippen LogP contribution in [0.2, 0.25) is 0 Å². The zero-order valence-corrected chi connectivity index (χ0v) is 9.95. The smallest absolute Gasteiger partial charge is 0.317 e. The lowest BCUT2D eigenvalue weighted by Crippen LogP contribution is -2.46. The molecule has 0 radical (unpaired) electrons. The zero-order chi connectivity index (χ0) is 11.4. The molecule has 92 valence electrons. The van der Waals surface area contributed by atoms with Gasteiger partial charge in [-0.1, -0.05) is 12.8 Å². The molecule has 0 bridgehead atoms. The normalized spacial score (nSPS) is 21.1. The Hall–Kier alpha value is -0.770. The molecule has 4 heteroatoms. The van der Waals surface area contributed by atoms with Crippen LogP contribution in [0.15, 0.2) is 0 Å². The van der Waals surface area contributed by atoms with E-state index in [-0.39, 0.29) is 6.03 Å². The molecular weight excluding hydrogens is 202 g/mol. The lowest BCUT2D eigenvalue weighted by molar-refractivity contribution is 0.174. The highest BCUT2D eigenvalue weighted by atomic mass is 16.2. The number of urea groups is 1. The predicted octanol–water partition coefficient (Wildman–Crippen LogP) is 1.45. The molecule has 0 aromatic rings. The maximum atomic E-state index is 12.1. The Morgan fingerprint density at radius 1 is 1.25 bits per heavy atom. The van der Waals surface area contributed by atoms with E-state index in [2.05, 4.69) is 5.32 Å². The molecule has 0 unspecified atom stereocenters. The highest BCUT2D eigenvalue weighted by molar-refractivity contribution is 5.75. The van der Waals surface area contributed by atoms with E-state index in [9.17, 15) is 4.79 Å². The van der Waals surface area contributed by atoms with Crippen molar-refractivity contribution in [3.8, 4) is 0 Å². The van der Waals surface area contributed by atoms with Crippen molar-refractivity contribution >= 4 is 6.03 Å². The number of rotatable bonds is 5. The van der Waals surface area contributed by atoms with Crippen LogP contribution in [0.3, 0.4) is 0 Å². The molecule has 0 aromatic carbocycles. The number of nitrogens with two attached hydrogens (primary N) is 1. The van der Waals surface area contributed by atoms with Gasteiger partial charge >= 0.3 is 6.03 Å². The van der Waals surface area contributed by atoms with Crippen molar-refractivity contribution in [2.75, 3.05) is 13.1 Å². The Morgan fingerprint density at radius 3 is 2.50 bits per heavy atom. The van der Waals surface area contributed by atoms with Gasteiger partial charge in [0.1, 0.15) is 0 Å². The van der Waals surface area contributed by atoms with Crippen LogP contribution in [0.1, 0.15) is 44.9 Å². The minimum Gasteiger partial charge on any atom is -0.335 e. The van der Waals surface area contributed by atoms with Crippen molar-refractivity contribution in [1.82, 2.24) is 10.2 Å². The molecule has 2 amide bonds. The van der Waals surface area contributed by atoms with Gasteiger partial charge in [-0.3, -0.25) is 0 Å². The fraction of sp³-hybridized carbons (Fsp3) is 0.917. The maximum Gasteiger partial charge on any atom is 0.317 e. The van der Waals surface area contributed by atoms with E-state index in [1.165, 1.54) is 25.7 Å². The van der Waals surface area contributed by atoms with Crippen LogP contribution >= 0.6 is 0 Å². The summed E-state index contributed by atoms with van der Waals surface area (Å²) in [6, 6.07) is 1.06. The average molecular weight is 225 g/mol. The summed E-state index contributed by atoms with van der Waals surface area (Å²) in [5, 5.41) is 3.09. The van der Waals surface area contributed by atoms with Gasteiger partial charge in [0.2, 0.25) is 0 Å². The van der Waals surface area contributed by atoms with Crippen molar-refractivity contribution in [3.05, 3.63) is 0 Å². The molecule has 2 aliphatic carbocycles. The van der Waals surface area contributed by atoms with Crippen LogP contribution in [-0.2, 0) is 0 Å². The summed E-state index contributed by atoms with van der Waals surface area (Å²) < 4.78 is 0. The monoisotopic (exact) mass is 225 g/mol. The topological polar surface area (TPSA) is 58.4 Å². The minimum atomic E-state index is 0.142. The van der Waals surface area contributed by atoms with Gasteiger partial charge < -0.3 is 16.0 Å². The lowest BCUT2D eigenvalue weighted by Gasteiger charge is -2.29. The van der Waals surface area contributed by atoms with Crippen molar-refractivity contribution in [2.45, 2.75) is 57.0 Å². The van der Waals surface area contributed by atoms with Crippen molar-refractivity contribution in [1.29, 1.82) is 0 Å². The fourth-order valence-corrected chi connectivity index (χ4v) is 2.41. The first-order valence-corrected chi connectivity index (χ1v) is 6.58. The standard InChI is InChI=1S/C12H23N3O/c13-8-3-9-15(11-4-1-2-5-11)12(16)14-10-6-7-10/h10-11H,1-9,13H2,(H,14,16). The molecule has 0 spiro atoms. The molecule has 2 saturated carbocycles. The van der Waals surface area contributed by atoms with E-state index < -0.39 is 0 Å². The number of carbonyl (C=O) groups is 1. The zero-order valence-electron chi connectivity index (χ0n) is 9.95. The van der Waals surface area contributed by atoms with Gasteiger partial charge in [-0.15, -0.1) is 0 Å². The summed E-state index contributed by atoms with van der Waals surface area (Å²) in [7, 11) is 0. The Kier molecular flexibility index (Phi) is 4.04. The van der Waals surface area contributed by atoms with Crippen molar-refractivity contribution in [2.24, 2.45) is 5.73 Å². The Morgan fingerprint density at radius 2 is 1.94 bits per heavy atom. The van der Waals surface area contributed by atoms with Gasteiger partial charge in [-0.05, 0) is 38.6 Å². The van der Waals surface area contributed by atoms with E-state index in [0.29, 0.717) is 18.6 Å². The predicted molar refractivity (Wildman–Crippen MR) is 64.2 cm³/mol. The number of carbonyl (C=O) groups excluding carboxylic acids is 1. The molecule has 0 atom stereocenters. The Bertz CT molecular complexity index is 234. The third-order valence-electron chi connectivity index (χ3n) is 3.53. The molecule has 4 nitrogen and oxygen atoms in total. The number of amides is 2. The third kappa shape index (κ3) is 3.11. The van der Waals surface area contributed by atoms with E-state index in [0.717, 1.165) is 25.8 Å². The summed E-state index contributed by atoms with van der Waals surface area (Å²) in [6.07, 6.45) is 8.09. The molecule has 2 fully saturated rings. The van der Waals surface area contributed by atoms with E-state index in [1.807, 2.05) is 4.90 Å². The molecule has 0 aromatic heterocycles. The minimum absolute atomic E-state index is 0.142. The van der Waals surface area contributed by atoms with E-state index >= 15 is 0 Å². The van der Waals surface area contributed by atoms with Crippen LogP contribution < -0.4 is 11.1 Å². The number of hydrogen-bond acceptors (Lipinski definition) is 2. The summed E-state index contributed by atoms with van der Waals surface area (Å²) in [5.74, 6) is 0. The molecule has 0 saturated heterocycles. The van der Waals surface area contributed by atoms with Gasteiger partial charge in [0.15, 0.2) is 0 Å². The molecule has 0 heterocycles. The summed E-state index contributed by atoms with van der Waals surface area (Å²) in [5.41, 5.74) is 5.53. The van der Waals surface area contributed by atoms with Crippen molar-refractivity contribution in [3.63, 3.8) is 0 Å². The number of hydrogen-bond donors (Lipinski definition) is 2. The van der Waals surface area contributed by atoms with Gasteiger partial charge in [-0.25, -0.2) is 4.79 Å².